The third-order valence-corrected chi connectivity index (χ3v) is 3.33. The maximum atomic E-state index is 12.7. The summed E-state index contributed by atoms with van der Waals surface area (Å²) in [6.07, 6.45) is 0.792. The lowest BCUT2D eigenvalue weighted by Crippen LogP contribution is -2.35. The van der Waals surface area contributed by atoms with E-state index in [0.717, 1.165) is 6.42 Å². The molecule has 2 N–H and O–H groups in total. The molecule has 0 aliphatic heterocycles. The van der Waals surface area contributed by atoms with E-state index in [1.165, 1.54) is 24.3 Å². The molecule has 0 radical (unpaired) electrons. The van der Waals surface area contributed by atoms with Crippen LogP contribution in [0.25, 0.3) is 0 Å². The monoisotopic (exact) mass is 308 g/mol. The van der Waals surface area contributed by atoms with Crippen LogP contribution >= 0.6 is 0 Å². The Bertz CT molecular complexity index is 573. The maximum Gasteiger partial charge on any atom is 0.309 e. The van der Waals surface area contributed by atoms with Gasteiger partial charge >= 0.3 is 5.97 Å². The largest absolute Gasteiger partial charge is 0.455 e. The second kappa shape index (κ2) is 7.02. The van der Waals surface area contributed by atoms with Crippen LogP contribution in [0.5, 0.6) is 0 Å². The molecule has 1 aromatic rings. The normalized spacial score (nSPS) is 19.2. The number of hydrogen-bond donors (Lipinski definition) is 2. The number of benzene rings is 1. The van der Waals surface area contributed by atoms with E-state index in [0.29, 0.717) is 11.6 Å². The smallest absolute Gasteiger partial charge is 0.309 e. The van der Waals surface area contributed by atoms with Crippen LogP contribution in [0.4, 0.5) is 10.1 Å². The van der Waals surface area contributed by atoms with Crippen molar-refractivity contribution < 1.29 is 23.5 Å². The standard InChI is InChI=1S/C15H17FN2O4/c1-9-6-12(9)15(21)22-8-14(20)17-7-13(19)18-11-4-2-10(16)3-5-11/h2-5,9,12H,6-8H2,1H3,(H,17,20)(H,18,19)/t9-,12-/m1/s1. The highest BCUT2D eigenvalue weighted by Gasteiger charge is 2.40. The first-order valence-electron chi connectivity index (χ1n) is 6.94. The fourth-order valence-corrected chi connectivity index (χ4v) is 1.86. The number of carbonyl (C=O) groups is 3. The van der Waals surface area contributed by atoms with Crippen LogP contribution in [0.3, 0.4) is 0 Å². The summed E-state index contributed by atoms with van der Waals surface area (Å²) in [5.41, 5.74) is 0.426. The molecule has 6 nitrogen and oxygen atoms in total. The third-order valence-electron chi connectivity index (χ3n) is 3.33. The number of ether oxygens (including phenoxy) is 1. The number of carbonyl (C=O) groups excluding carboxylic acids is 3. The summed E-state index contributed by atoms with van der Waals surface area (Å²) in [5.74, 6) is -1.57. The molecule has 1 aromatic carbocycles. The molecule has 0 unspecified atom stereocenters. The maximum absolute atomic E-state index is 12.7. The summed E-state index contributed by atoms with van der Waals surface area (Å²) in [4.78, 5) is 34.4. The molecule has 0 saturated heterocycles. The van der Waals surface area contributed by atoms with Crippen LogP contribution in [0.1, 0.15) is 13.3 Å². The zero-order valence-electron chi connectivity index (χ0n) is 12.1. The van der Waals surface area contributed by atoms with Crippen molar-refractivity contribution in [2.24, 2.45) is 11.8 Å². The van der Waals surface area contributed by atoms with Gasteiger partial charge in [-0.2, -0.15) is 0 Å². The average molecular weight is 308 g/mol. The van der Waals surface area contributed by atoms with Gasteiger partial charge in [0.15, 0.2) is 6.61 Å². The highest BCUT2D eigenvalue weighted by atomic mass is 19.1. The highest BCUT2D eigenvalue weighted by molar-refractivity contribution is 5.94. The van der Waals surface area contributed by atoms with Crippen molar-refractivity contribution >= 4 is 23.5 Å². The van der Waals surface area contributed by atoms with Crippen LogP contribution in [0, 0.1) is 17.7 Å². The van der Waals surface area contributed by atoms with Gasteiger partial charge in [0, 0.05) is 5.69 Å². The summed E-state index contributed by atoms with van der Waals surface area (Å²) >= 11 is 0. The van der Waals surface area contributed by atoms with E-state index >= 15 is 0 Å². The van der Waals surface area contributed by atoms with Crippen molar-refractivity contribution in [1.82, 2.24) is 5.32 Å². The molecular formula is C15H17FN2O4. The van der Waals surface area contributed by atoms with Gasteiger partial charge in [0.25, 0.3) is 5.91 Å². The Morgan fingerprint density at radius 2 is 1.86 bits per heavy atom. The van der Waals surface area contributed by atoms with Crippen LogP contribution in [0.15, 0.2) is 24.3 Å². The lowest BCUT2D eigenvalue weighted by Gasteiger charge is -2.07. The molecule has 1 aliphatic carbocycles. The summed E-state index contributed by atoms with van der Waals surface area (Å²) in [7, 11) is 0. The van der Waals surface area contributed by atoms with Crippen molar-refractivity contribution in [3.63, 3.8) is 0 Å². The molecule has 118 valence electrons. The lowest BCUT2D eigenvalue weighted by atomic mass is 10.3. The minimum Gasteiger partial charge on any atom is -0.455 e. The predicted molar refractivity (Wildman–Crippen MR) is 76.3 cm³/mol. The van der Waals surface area contributed by atoms with Gasteiger partial charge in [-0.05, 0) is 36.6 Å². The Balaban J connectivity index is 1.64. The minimum atomic E-state index is -0.545. The number of esters is 1. The molecule has 22 heavy (non-hydrogen) atoms. The number of halogens is 1. The third kappa shape index (κ3) is 4.83. The molecule has 2 rings (SSSR count). The van der Waals surface area contributed by atoms with E-state index in [9.17, 15) is 18.8 Å². The topological polar surface area (TPSA) is 84.5 Å². The van der Waals surface area contributed by atoms with Gasteiger partial charge in [0.2, 0.25) is 5.91 Å². The van der Waals surface area contributed by atoms with Crippen LogP contribution in [-0.4, -0.2) is 30.9 Å². The van der Waals surface area contributed by atoms with Gasteiger partial charge in [0.05, 0.1) is 12.5 Å². The first-order valence-corrected chi connectivity index (χ1v) is 6.94. The van der Waals surface area contributed by atoms with E-state index in [2.05, 4.69) is 10.6 Å². The first kappa shape index (κ1) is 15.9. The summed E-state index contributed by atoms with van der Waals surface area (Å²) < 4.78 is 17.5. The fraction of sp³-hybridized carbons (Fsp3) is 0.400. The molecule has 0 heterocycles. The second-order valence-electron chi connectivity index (χ2n) is 5.26. The summed E-state index contributed by atoms with van der Waals surface area (Å²) in [5, 5.41) is 4.83. The fourth-order valence-electron chi connectivity index (χ4n) is 1.86. The molecule has 1 aliphatic rings. The molecule has 7 heteroatoms. The molecule has 1 saturated carbocycles. The molecule has 0 bridgehead atoms. The molecule has 2 atom stereocenters. The van der Waals surface area contributed by atoms with Gasteiger partial charge in [-0.15, -0.1) is 0 Å². The van der Waals surface area contributed by atoms with Crippen molar-refractivity contribution in [2.45, 2.75) is 13.3 Å². The van der Waals surface area contributed by atoms with Crippen LogP contribution < -0.4 is 10.6 Å². The van der Waals surface area contributed by atoms with Crippen molar-refractivity contribution in [3.05, 3.63) is 30.1 Å². The van der Waals surface area contributed by atoms with E-state index in [1.807, 2.05) is 6.92 Å². The number of rotatable bonds is 6. The van der Waals surface area contributed by atoms with Gasteiger partial charge in [-0.1, -0.05) is 6.92 Å². The molecule has 0 aromatic heterocycles. The van der Waals surface area contributed by atoms with Gasteiger partial charge in [-0.25, -0.2) is 4.39 Å². The highest BCUT2D eigenvalue weighted by Crippen LogP contribution is 2.38. The Morgan fingerprint density at radius 1 is 1.23 bits per heavy atom. The van der Waals surface area contributed by atoms with E-state index in [-0.39, 0.29) is 18.4 Å². The Labute approximate surface area is 127 Å². The SMILES string of the molecule is C[C@@H]1C[C@H]1C(=O)OCC(=O)NCC(=O)Nc1ccc(F)cc1. The molecule has 1 fully saturated rings. The van der Waals surface area contributed by atoms with Crippen LogP contribution in [-0.2, 0) is 19.1 Å². The Hall–Kier alpha value is -2.44. The summed E-state index contributed by atoms with van der Waals surface area (Å²) in [6, 6.07) is 5.25. The number of amides is 2. The summed E-state index contributed by atoms with van der Waals surface area (Å²) in [6.45, 7) is 1.28. The lowest BCUT2D eigenvalue weighted by molar-refractivity contribution is -0.150. The Morgan fingerprint density at radius 3 is 2.45 bits per heavy atom. The van der Waals surface area contributed by atoms with Crippen molar-refractivity contribution in [1.29, 1.82) is 0 Å². The predicted octanol–water partition coefficient (Wildman–Crippen LogP) is 1.08. The number of anilines is 1. The Kier molecular flexibility index (Phi) is 5.08. The van der Waals surface area contributed by atoms with Crippen molar-refractivity contribution in [3.8, 4) is 0 Å². The minimum absolute atomic E-state index is 0.102. The number of nitrogens with one attached hydrogen (secondary N) is 2. The zero-order valence-corrected chi connectivity index (χ0v) is 12.1. The van der Waals surface area contributed by atoms with Crippen LogP contribution in [0.2, 0.25) is 0 Å². The van der Waals surface area contributed by atoms with E-state index in [1.54, 1.807) is 0 Å². The van der Waals surface area contributed by atoms with Gasteiger partial charge in [0.1, 0.15) is 5.82 Å². The second-order valence-corrected chi connectivity index (χ2v) is 5.26. The molecular weight excluding hydrogens is 291 g/mol. The van der Waals surface area contributed by atoms with Gasteiger partial charge in [-0.3, -0.25) is 14.4 Å². The first-order chi connectivity index (χ1) is 10.5. The molecule has 0 spiro atoms. The van der Waals surface area contributed by atoms with Crippen molar-refractivity contribution in [2.75, 3.05) is 18.5 Å². The quantitative estimate of drug-likeness (QED) is 0.770. The van der Waals surface area contributed by atoms with Gasteiger partial charge < -0.3 is 15.4 Å². The zero-order chi connectivity index (χ0) is 16.1. The van der Waals surface area contributed by atoms with E-state index < -0.39 is 24.2 Å². The molecule has 2 amide bonds. The average Bonchev–Trinajstić information content (AvgIpc) is 3.22. The number of hydrogen-bond acceptors (Lipinski definition) is 4. The van der Waals surface area contributed by atoms with E-state index in [4.69, 9.17) is 4.74 Å².